The second-order valence-electron chi connectivity index (χ2n) is 4.74. The van der Waals surface area contributed by atoms with E-state index in [-0.39, 0.29) is 11.7 Å². The standard InChI is InChI=1S/C11H19NO3S/c13-11(12-7-3-1-4-8-12)10-6-2-5-9-16(10,14)15/h10H,1-9H2. The zero-order chi connectivity index (χ0) is 11.6. The molecular weight excluding hydrogens is 226 g/mol. The van der Waals surface area contributed by atoms with Gasteiger partial charge in [0.15, 0.2) is 9.84 Å². The van der Waals surface area contributed by atoms with E-state index in [0.29, 0.717) is 12.8 Å². The number of rotatable bonds is 1. The number of hydrogen-bond donors (Lipinski definition) is 0. The molecule has 92 valence electrons. The van der Waals surface area contributed by atoms with Crippen LogP contribution in [0.3, 0.4) is 0 Å². The Kier molecular flexibility index (Phi) is 3.52. The lowest BCUT2D eigenvalue weighted by molar-refractivity contribution is -0.131. The number of likely N-dealkylation sites (tertiary alicyclic amines) is 1. The van der Waals surface area contributed by atoms with Crippen LogP contribution in [0.4, 0.5) is 0 Å². The lowest BCUT2D eigenvalue weighted by atomic mass is 10.1. The van der Waals surface area contributed by atoms with Crippen LogP contribution in [-0.2, 0) is 14.6 Å². The monoisotopic (exact) mass is 245 g/mol. The third-order valence-electron chi connectivity index (χ3n) is 3.52. The van der Waals surface area contributed by atoms with Gasteiger partial charge in [0, 0.05) is 13.1 Å². The maximum absolute atomic E-state index is 12.1. The van der Waals surface area contributed by atoms with Crippen LogP contribution in [0, 0.1) is 0 Å². The predicted molar refractivity (Wildman–Crippen MR) is 61.9 cm³/mol. The van der Waals surface area contributed by atoms with Crippen LogP contribution in [0.25, 0.3) is 0 Å². The fourth-order valence-electron chi connectivity index (χ4n) is 2.55. The first-order chi connectivity index (χ1) is 7.61. The molecule has 0 aromatic rings. The minimum Gasteiger partial charge on any atom is -0.342 e. The molecule has 2 heterocycles. The van der Waals surface area contributed by atoms with Crippen LogP contribution in [0.1, 0.15) is 38.5 Å². The van der Waals surface area contributed by atoms with Crippen molar-refractivity contribution in [2.24, 2.45) is 0 Å². The maximum atomic E-state index is 12.1. The number of nitrogens with zero attached hydrogens (tertiary/aromatic N) is 1. The van der Waals surface area contributed by atoms with Gasteiger partial charge in [-0.1, -0.05) is 6.42 Å². The van der Waals surface area contributed by atoms with E-state index < -0.39 is 15.1 Å². The lowest BCUT2D eigenvalue weighted by Gasteiger charge is -2.31. The first kappa shape index (κ1) is 11.9. The summed E-state index contributed by atoms with van der Waals surface area (Å²) in [5.41, 5.74) is 0. The molecule has 16 heavy (non-hydrogen) atoms. The Labute approximate surface area is 96.9 Å². The van der Waals surface area contributed by atoms with Crippen molar-refractivity contribution >= 4 is 15.7 Å². The molecule has 0 radical (unpaired) electrons. The van der Waals surface area contributed by atoms with Crippen molar-refractivity contribution in [1.82, 2.24) is 4.90 Å². The summed E-state index contributed by atoms with van der Waals surface area (Å²) in [6.45, 7) is 1.48. The highest BCUT2D eigenvalue weighted by Gasteiger charge is 2.37. The number of piperidine rings is 1. The lowest BCUT2D eigenvalue weighted by Crippen LogP contribution is -2.47. The van der Waals surface area contributed by atoms with E-state index in [1.165, 1.54) is 0 Å². The fraction of sp³-hybridized carbons (Fsp3) is 0.909. The number of carbonyl (C=O) groups excluding carboxylic acids is 1. The Morgan fingerprint density at radius 3 is 2.31 bits per heavy atom. The smallest absolute Gasteiger partial charge is 0.240 e. The van der Waals surface area contributed by atoms with Gasteiger partial charge in [-0.05, 0) is 32.1 Å². The second kappa shape index (κ2) is 4.73. The Morgan fingerprint density at radius 1 is 1.00 bits per heavy atom. The molecule has 4 nitrogen and oxygen atoms in total. The normalized spacial score (nSPS) is 30.0. The van der Waals surface area contributed by atoms with Gasteiger partial charge in [0.1, 0.15) is 5.25 Å². The van der Waals surface area contributed by atoms with E-state index in [9.17, 15) is 13.2 Å². The SMILES string of the molecule is O=C(C1CCCCS1(=O)=O)N1CCCCC1. The molecule has 2 fully saturated rings. The molecule has 0 aliphatic carbocycles. The van der Waals surface area contributed by atoms with Crippen LogP contribution in [0.15, 0.2) is 0 Å². The van der Waals surface area contributed by atoms with Crippen molar-refractivity contribution < 1.29 is 13.2 Å². The van der Waals surface area contributed by atoms with Gasteiger partial charge >= 0.3 is 0 Å². The van der Waals surface area contributed by atoms with Crippen molar-refractivity contribution in [2.75, 3.05) is 18.8 Å². The summed E-state index contributed by atoms with van der Waals surface area (Å²) in [6.07, 6.45) is 5.28. The molecule has 0 N–H and O–H groups in total. The van der Waals surface area contributed by atoms with Crippen molar-refractivity contribution in [1.29, 1.82) is 0 Å². The number of amides is 1. The van der Waals surface area contributed by atoms with Crippen LogP contribution >= 0.6 is 0 Å². The molecular formula is C11H19NO3S. The van der Waals surface area contributed by atoms with Gasteiger partial charge < -0.3 is 4.90 Å². The maximum Gasteiger partial charge on any atom is 0.240 e. The molecule has 1 amide bonds. The highest BCUT2D eigenvalue weighted by molar-refractivity contribution is 7.92. The van der Waals surface area contributed by atoms with Crippen molar-refractivity contribution in [3.05, 3.63) is 0 Å². The zero-order valence-electron chi connectivity index (χ0n) is 9.52. The summed E-state index contributed by atoms with van der Waals surface area (Å²) in [4.78, 5) is 13.9. The van der Waals surface area contributed by atoms with Crippen molar-refractivity contribution in [3.8, 4) is 0 Å². The molecule has 0 spiro atoms. The Hall–Kier alpha value is -0.580. The quantitative estimate of drug-likeness (QED) is 0.691. The summed E-state index contributed by atoms with van der Waals surface area (Å²) in [7, 11) is -3.16. The third-order valence-corrected chi connectivity index (χ3v) is 5.68. The number of sulfone groups is 1. The summed E-state index contributed by atoms with van der Waals surface area (Å²) >= 11 is 0. The molecule has 2 saturated heterocycles. The Balaban J connectivity index is 2.07. The fourth-order valence-corrected chi connectivity index (χ4v) is 4.42. The first-order valence-electron chi connectivity index (χ1n) is 6.11. The van der Waals surface area contributed by atoms with Crippen molar-refractivity contribution in [3.63, 3.8) is 0 Å². The molecule has 2 rings (SSSR count). The highest BCUT2D eigenvalue weighted by Crippen LogP contribution is 2.22. The zero-order valence-corrected chi connectivity index (χ0v) is 10.3. The molecule has 0 aromatic heterocycles. The topological polar surface area (TPSA) is 54.5 Å². The summed E-state index contributed by atoms with van der Waals surface area (Å²) in [5.74, 6) is 0.0523. The predicted octanol–water partition coefficient (Wildman–Crippen LogP) is 0.966. The van der Waals surface area contributed by atoms with Crippen molar-refractivity contribution in [2.45, 2.75) is 43.8 Å². The molecule has 5 heteroatoms. The molecule has 1 unspecified atom stereocenters. The van der Waals surface area contributed by atoms with Crippen LogP contribution in [0.2, 0.25) is 0 Å². The minimum atomic E-state index is -3.16. The van der Waals surface area contributed by atoms with Gasteiger partial charge in [0.2, 0.25) is 5.91 Å². The van der Waals surface area contributed by atoms with Gasteiger partial charge in [-0.25, -0.2) is 8.42 Å². The van der Waals surface area contributed by atoms with E-state index in [1.807, 2.05) is 0 Å². The molecule has 1 atom stereocenters. The molecule has 2 aliphatic rings. The largest absolute Gasteiger partial charge is 0.342 e. The van der Waals surface area contributed by atoms with Gasteiger partial charge in [0.25, 0.3) is 0 Å². The Morgan fingerprint density at radius 2 is 1.69 bits per heavy atom. The van der Waals surface area contributed by atoms with Crippen LogP contribution in [0.5, 0.6) is 0 Å². The average molecular weight is 245 g/mol. The van der Waals surface area contributed by atoms with E-state index in [1.54, 1.807) is 4.90 Å². The van der Waals surface area contributed by atoms with E-state index >= 15 is 0 Å². The van der Waals surface area contributed by atoms with Crippen LogP contribution < -0.4 is 0 Å². The molecule has 0 bridgehead atoms. The highest BCUT2D eigenvalue weighted by atomic mass is 32.2. The summed E-state index contributed by atoms with van der Waals surface area (Å²) in [6, 6.07) is 0. The van der Waals surface area contributed by atoms with Gasteiger partial charge in [-0.3, -0.25) is 4.79 Å². The first-order valence-corrected chi connectivity index (χ1v) is 7.83. The van der Waals surface area contributed by atoms with E-state index in [2.05, 4.69) is 0 Å². The van der Waals surface area contributed by atoms with Gasteiger partial charge in [0.05, 0.1) is 5.75 Å². The molecule has 0 aromatic carbocycles. The Bertz CT molecular complexity index is 357. The van der Waals surface area contributed by atoms with Gasteiger partial charge in [-0.15, -0.1) is 0 Å². The second-order valence-corrected chi connectivity index (χ2v) is 7.04. The van der Waals surface area contributed by atoms with Crippen LogP contribution in [-0.4, -0.2) is 43.3 Å². The minimum absolute atomic E-state index is 0.139. The molecule has 2 aliphatic heterocycles. The summed E-state index contributed by atoms with van der Waals surface area (Å²) < 4.78 is 23.6. The van der Waals surface area contributed by atoms with E-state index in [4.69, 9.17) is 0 Å². The average Bonchev–Trinajstić information content (AvgIpc) is 2.29. The third kappa shape index (κ3) is 2.39. The summed E-state index contributed by atoms with van der Waals surface area (Å²) in [5, 5.41) is -0.737. The van der Waals surface area contributed by atoms with E-state index in [0.717, 1.165) is 38.8 Å². The molecule has 0 saturated carbocycles. The number of hydrogen-bond acceptors (Lipinski definition) is 3. The van der Waals surface area contributed by atoms with Gasteiger partial charge in [-0.2, -0.15) is 0 Å². The number of carbonyl (C=O) groups is 1.